The van der Waals surface area contributed by atoms with E-state index in [1.54, 1.807) is 31.1 Å². The van der Waals surface area contributed by atoms with Crippen LogP contribution in [-0.4, -0.2) is 44.7 Å². The molecule has 0 radical (unpaired) electrons. The number of fused-ring (bicyclic) bond motifs is 2. The highest BCUT2D eigenvalue weighted by atomic mass is 15.1. The maximum absolute atomic E-state index is 4.79. The third-order valence-corrected chi connectivity index (χ3v) is 4.97. The summed E-state index contributed by atoms with van der Waals surface area (Å²) < 4.78 is 1.92. The number of H-pyrrole nitrogens is 2. The monoisotopic (exact) mass is 393 g/mol. The van der Waals surface area contributed by atoms with Gasteiger partial charge >= 0.3 is 0 Å². The van der Waals surface area contributed by atoms with Crippen molar-refractivity contribution in [2.24, 2.45) is 0 Å². The van der Waals surface area contributed by atoms with Gasteiger partial charge in [0, 0.05) is 30.2 Å². The van der Waals surface area contributed by atoms with Crippen molar-refractivity contribution in [1.29, 1.82) is 0 Å². The molecule has 0 spiro atoms. The van der Waals surface area contributed by atoms with Gasteiger partial charge in [0.05, 0.1) is 34.3 Å². The van der Waals surface area contributed by atoms with Crippen molar-refractivity contribution >= 4 is 21.9 Å². The summed E-state index contributed by atoms with van der Waals surface area (Å²) in [4.78, 5) is 25.6. The molecule has 9 nitrogen and oxygen atoms in total. The van der Waals surface area contributed by atoms with E-state index in [-0.39, 0.29) is 0 Å². The number of nitrogens with one attached hydrogen (secondary N) is 2. The Labute approximate surface area is 169 Å². The second-order valence-electron chi connectivity index (χ2n) is 6.96. The van der Waals surface area contributed by atoms with Crippen molar-refractivity contribution in [2.45, 2.75) is 6.92 Å². The highest BCUT2D eigenvalue weighted by Gasteiger charge is 2.16. The number of aryl methyl sites for hydroxylation is 1. The maximum atomic E-state index is 4.79. The summed E-state index contributed by atoms with van der Waals surface area (Å²) in [7, 11) is 0. The van der Waals surface area contributed by atoms with Crippen LogP contribution in [0, 0.1) is 6.92 Å². The molecular weight excluding hydrogens is 378 g/mol. The van der Waals surface area contributed by atoms with Crippen molar-refractivity contribution < 1.29 is 0 Å². The number of aromatic amines is 2. The van der Waals surface area contributed by atoms with E-state index in [9.17, 15) is 0 Å². The first kappa shape index (κ1) is 16.5. The Morgan fingerprint density at radius 1 is 0.933 bits per heavy atom. The average Bonchev–Trinajstić information content (AvgIpc) is 3.51. The first-order valence-corrected chi connectivity index (χ1v) is 9.37. The summed E-state index contributed by atoms with van der Waals surface area (Å²) in [5.74, 6) is 0.809. The van der Waals surface area contributed by atoms with Gasteiger partial charge < -0.3 is 4.98 Å². The molecule has 2 N–H and O–H groups in total. The molecule has 0 unspecified atom stereocenters. The summed E-state index contributed by atoms with van der Waals surface area (Å²) >= 11 is 0. The van der Waals surface area contributed by atoms with E-state index in [4.69, 9.17) is 4.98 Å². The number of hydrogen-bond acceptors (Lipinski definition) is 6. The number of hydrogen-bond donors (Lipinski definition) is 2. The fourth-order valence-corrected chi connectivity index (χ4v) is 3.57. The lowest BCUT2D eigenvalue weighted by Gasteiger charge is -2.01. The lowest BCUT2D eigenvalue weighted by molar-refractivity contribution is 1.01. The quantitative estimate of drug-likeness (QED) is 0.476. The summed E-state index contributed by atoms with van der Waals surface area (Å²) in [5.41, 5.74) is 6.55. The third kappa shape index (κ3) is 2.56. The molecule has 0 fully saturated rings. The summed E-state index contributed by atoms with van der Waals surface area (Å²) in [5, 5.41) is 8.55. The van der Waals surface area contributed by atoms with E-state index in [1.165, 1.54) is 0 Å². The van der Waals surface area contributed by atoms with Gasteiger partial charge in [-0.2, -0.15) is 5.10 Å². The average molecular weight is 393 g/mol. The van der Waals surface area contributed by atoms with Gasteiger partial charge in [-0.3, -0.25) is 19.6 Å². The molecule has 0 amide bonds. The molecule has 0 aliphatic rings. The van der Waals surface area contributed by atoms with Crippen molar-refractivity contribution in [3.05, 3.63) is 67.3 Å². The number of nitrogens with zero attached hydrogens (tertiary/aromatic N) is 7. The molecule has 0 saturated heterocycles. The fourth-order valence-electron chi connectivity index (χ4n) is 3.57. The molecule has 30 heavy (non-hydrogen) atoms. The van der Waals surface area contributed by atoms with Gasteiger partial charge in [-0.15, -0.1) is 0 Å². The molecule has 0 bridgehead atoms. The highest BCUT2D eigenvalue weighted by Crippen LogP contribution is 2.30. The Hall–Kier alpha value is -4.40. The van der Waals surface area contributed by atoms with Gasteiger partial charge in [0.15, 0.2) is 0 Å². The fraction of sp³-hybridized carbons (Fsp3) is 0.0476. The van der Waals surface area contributed by atoms with Crippen molar-refractivity contribution in [2.75, 3.05) is 0 Å². The Kier molecular flexibility index (Phi) is 3.48. The van der Waals surface area contributed by atoms with Crippen molar-refractivity contribution in [3.8, 4) is 28.6 Å². The molecular formula is C21H15N9. The Morgan fingerprint density at radius 3 is 2.73 bits per heavy atom. The number of imidazole rings is 1. The van der Waals surface area contributed by atoms with Crippen molar-refractivity contribution in [1.82, 2.24) is 44.7 Å². The zero-order valence-electron chi connectivity index (χ0n) is 15.9. The van der Waals surface area contributed by atoms with Crippen LogP contribution in [0.25, 0.3) is 50.5 Å². The van der Waals surface area contributed by atoms with Gasteiger partial charge in [-0.05, 0) is 31.2 Å². The molecule has 0 saturated carbocycles. The number of pyridine rings is 2. The minimum Gasteiger partial charge on any atom is -0.353 e. The lowest BCUT2D eigenvalue weighted by Crippen LogP contribution is -1.94. The van der Waals surface area contributed by atoms with Crippen LogP contribution < -0.4 is 0 Å². The van der Waals surface area contributed by atoms with E-state index in [0.29, 0.717) is 5.69 Å². The SMILES string of the molecule is Cc1cn(-c2nccc3[nH]c(-c4n[nH]c5ccc(-c6cnccn6)nc45)cc23)cn1. The Bertz CT molecular complexity index is 1510. The first-order chi connectivity index (χ1) is 14.8. The maximum Gasteiger partial charge on any atom is 0.147 e. The van der Waals surface area contributed by atoms with Crippen LogP contribution >= 0.6 is 0 Å². The van der Waals surface area contributed by atoms with Crippen LogP contribution in [0.15, 0.2) is 61.6 Å². The molecule has 0 aliphatic carbocycles. The van der Waals surface area contributed by atoms with Gasteiger partial charge in [0.25, 0.3) is 0 Å². The lowest BCUT2D eigenvalue weighted by atomic mass is 10.2. The summed E-state index contributed by atoms with van der Waals surface area (Å²) in [6.45, 7) is 1.95. The molecule has 0 aliphatic heterocycles. The minimum atomic E-state index is 0.713. The third-order valence-electron chi connectivity index (χ3n) is 4.97. The van der Waals surface area contributed by atoms with E-state index in [1.807, 2.05) is 42.0 Å². The molecule has 6 rings (SSSR count). The smallest absolute Gasteiger partial charge is 0.147 e. The zero-order chi connectivity index (χ0) is 20.1. The normalized spacial score (nSPS) is 11.5. The predicted molar refractivity (Wildman–Crippen MR) is 112 cm³/mol. The largest absolute Gasteiger partial charge is 0.353 e. The van der Waals surface area contributed by atoms with Gasteiger partial charge in [-0.1, -0.05) is 0 Å². The van der Waals surface area contributed by atoms with Crippen LogP contribution in [0.4, 0.5) is 0 Å². The molecule has 0 aromatic carbocycles. The summed E-state index contributed by atoms with van der Waals surface area (Å²) in [6.07, 6.45) is 10.5. The number of aromatic nitrogens is 9. The second-order valence-corrected chi connectivity index (χ2v) is 6.96. The van der Waals surface area contributed by atoms with E-state index >= 15 is 0 Å². The predicted octanol–water partition coefficient (Wildman–Crippen LogP) is 3.45. The molecule has 6 aromatic rings. The van der Waals surface area contributed by atoms with Crippen LogP contribution in [0.2, 0.25) is 0 Å². The standard InChI is InChI=1S/C21H15N9/c1-12-10-30(11-25-12)21-13-8-17(26-14(13)4-5-24-21)20-19-16(28-29-20)3-2-15(27-19)18-9-22-6-7-23-18/h2-11,26H,1H3,(H,28,29). The minimum absolute atomic E-state index is 0.713. The topological polar surface area (TPSA) is 114 Å². The van der Waals surface area contributed by atoms with E-state index < -0.39 is 0 Å². The Balaban J connectivity index is 1.52. The van der Waals surface area contributed by atoms with Gasteiger partial charge in [-0.25, -0.2) is 15.0 Å². The molecule has 6 heterocycles. The van der Waals surface area contributed by atoms with Gasteiger partial charge in [0.1, 0.15) is 29.0 Å². The molecule has 0 atom stereocenters. The van der Waals surface area contributed by atoms with Gasteiger partial charge in [0.2, 0.25) is 0 Å². The van der Waals surface area contributed by atoms with Crippen molar-refractivity contribution in [3.63, 3.8) is 0 Å². The molecule has 9 heteroatoms. The van der Waals surface area contributed by atoms with Crippen LogP contribution in [-0.2, 0) is 0 Å². The summed E-state index contributed by atoms with van der Waals surface area (Å²) in [6, 6.07) is 7.84. The molecule has 6 aromatic heterocycles. The van der Waals surface area contributed by atoms with E-state index in [0.717, 1.165) is 50.5 Å². The Morgan fingerprint density at radius 2 is 1.90 bits per heavy atom. The number of rotatable bonds is 3. The van der Waals surface area contributed by atoms with Crippen LogP contribution in [0.5, 0.6) is 0 Å². The van der Waals surface area contributed by atoms with Crippen LogP contribution in [0.1, 0.15) is 5.69 Å². The molecule has 144 valence electrons. The first-order valence-electron chi connectivity index (χ1n) is 9.37. The second kappa shape index (κ2) is 6.31. The highest BCUT2D eigenvalue weighted by molar-refractivity contribution is 5.96. The van der Waals surface area contributed by atoms with E-state index in [2.05, 4.69) is 35.1 Å². The van der Waals surface area contributed by atoms with Crippen LogP contribution in [0.3, 0.4) is 0 Å². The zero-order valence-corrected chi connectivity index (χ0v) is 15.9.